The number of amides is 1. The topological polar surface area (TPSA) is 69.0 Å². The zero-order chi connectivity index (χ0) is 20.4. The van der Waals surface area contributed by atoms with Gasteiger partial charge in [0.05, 0.1) is 18.2 Å². The normalized spacial score (nSPS) is 16.1. The van der Waals surface area contributed by atoms with Gasteiger partial charge in [-0.1, -0.05) is 23.7 Å². The number of carbonyl (C=O) groups excluding carboxylic acids is 2. The van der Waals surface area contributed by atoms with Crippen molar-refractivity contribution in [2.75, 3.05) is 20.3 Å². The lowest BCUT2D eigenvalue weighted by atomic mass is 10.0. The number of aromatic nitrogens is 1. The SMILES string of the molecule is COc1ccc(-c2cc3ccccn3c2C(=O)C(=O)NC[C@H]2CCCO2)cc1Cl. The first-order valence-electron chi connectivity index (χ1n) is 9.46. The van der Waals surface area contributed by atoms with Gasteiger partial charge in [-0.15, -0.1) is 0 Å². The van der Waals surface area contributed by atoms with E-state index in [-0.39, 0.29) is 6.10 Å². The van der Waals surface area contributed by atoms with Crippen molar-refractivity contribution in [3.63, 3.8) is 0 Å². The lowest BCUT2D eigenvalue weighted by molar-refractivity contribution is -0.117. The van der Waals surface area contributed by atoms with Gasteiger partial charge in [0.25, 0.3) is 11.7 Å². The molecule has 1 aliphatic heterocycles. The van der Waals surface area contributed by atoms with E-state index in [4.69, 9.17) is 21.1 Å². The van der Waals surface area contributed by atoms with Crippen LogP contribution in [0.25, 0.3) is 16.6 Å². The Labute approximate surface area is 173 Å². The van der Waals surface area contributed by atoms with Crippen molar-refractivity contribution >= 4 is 28.8 Å². The minimum Gasteiger partial charge on any atom is -0.495 e. The van der Waals surface area contributed by atoms with Crippen LogP contribution in [0.1, 0.15) is 23.3 Å². The molecule has 0 saturated carbocycles. The first-order chi connectivity index (χ1) is 14.1. The molecule has 0 bridgehead atoms. The average molecular weight is 413 g/mol. The number of methoxy groups -OCH3 is 1. The fraction of sp³-hybridized carbons (Fsp3) is 0.273. The Hall–Kier alpha value is -2.83. The van der Waals surface area contributed by atoms with Gasteiger partial charge in [0.1, 0.15) is 11.4 Å². The van der Waals surface area contributed by atoms with Crippen LogP contribution in [-0.2, 0) is 9.53 Å². The van der Waals surface area contributed by atoms with Crippen molar-refractivity contribution in [1.29, 1.82) is 0 Å². The number of fused-ring (bicyclic) bond motifs is 1. The molecule has 0 radical (unpaired) electrons. The largest absolute Gasteiger partial charge is 0.495 e. The Bertz CT molecular complexity index is 1070. The average Bonchev–Trinajstić information content (AvgIpc) is 3.39. The van der Waals surface area contributed by atoms with Crippen molar-refractivity contribution in [2.45, 2.75) is 18.9 Å². The molecule has 1 saturated heterocycles. The smallest absolute Gasteiger partial charge is 0.294 e. The summed E-state index contributed by atoms with van der Waals surface area (Å²) in [7, 11) is 1.54. The highest BCUT2D eigenvalue weighted by molar-refractivity contribution is 6.43. The van der Waals surface area contributed by atoms with Gasteiger partial charge in [0.15, 0.2) is 0 Å². The molecule has 0 aliphatic carbocycles. The number of pyridine rings is 1. The van der Waals surface area contributed by atoms with Crippen LogP contribution in [0.3, 0.4) is 0 Å². The number of hydrogen-bond donors (Lipinski definition) is 1. The second kappa shape index (κ2) is 8.27. The van der Waals surface area contributed by atoms with Gasteiger partial charge in [0, 0.05) is 30.4 Å². The van der Waals surface area contributed by atoms with Crippen LogP contribution in [0.4, 0.5) is 0 Å². The number of ether oxygens (including phenoxy) is 2. The van der Waals surface area contributed by atoms with Gasteiger partial charge in [-0.2, -0.15) is 0 Å². The third-order valence-electron chi connectivity index (χ3n) is 5.08. The van der Waals surface area contributed by atoms with Crippen LogP contribution in [-0.4, -0.2) is 42.5 Å². The number of Topliss-reactive ketones (excluding diaryl/α,β-unsaturated/α-hetero) is 1. The molecule has 0 spiro atoms. The van der Waals surface area contributed by atoms with E-state index < -0.39 is 11.7 Å². The van der Waals surface area contributed by atoms with Crippen LogP contribution in [0.2, 0.25) is 5.02 Å². The Morgan fingerprint density at radius 3 is 2.86 bits per heavy atom. The highest BCUT2D eigenvalue weighted by Gasteiger charge is 2.26. The van der Waals surface area contributed by atoms with Crippen molar-refractivity contribution in [2.24, 2.45) is 0 Å². The number of halogens is 1. The van der Waals surface area contributed by atoms with Crippen LogP contribution in [0.5, 0.6) is 5.75 Å². The van der Waals surface area contributed by atoms with Gasteiger partial charge < -0.3 is 19.2 Å². The Morgan fingerprint density at radius 1 is 1.28 bits per heavy atom. The summed E-state index contributed by atoms with van der Waals surface area (Å²) in [5.41, 5.74) is 2.48. The van der Waals surface area contributed by atoms with E-state index in [1.165, 1.54) is 0 Å². The van der Waals surface area contributed by atoms with E-state index in [0.29, 0.717) is 35.2 Å². The number of hydrogen-bond acceptors (Lipinski definition) is 4. The van der Waals surface area contributed by atoms with Gasteiger partial charge in [-0.05, 0) is 48.7 Å². The first-order valence-corrected chi connectivity index (χ1v) is 9.84. The monoisotopic (exact) mass is 412 g/mol. The number of benzene rings is 1. The molecule has 150 valence electrons. The lowest BCUT2D eigenvalue weighted by Gasteiger charge is -2.11. The van der Waals surface area contributed by atoms with Gasteiger partial charge in [0.2, 0.25) is 0 Å². The van der Waals surface area contributed by atoms with Crippen LogP contribution in [0, 0.1) is 0 Å². The number of nitrogens with zero attached hydrogens (tertiary/aromatic N) is 1. The Morgan fingerprint density at radius 2 is 2.14 bits per heavy atom. The molecule has 1 N–H and O–H groups in total. The summed E-state index contributed by atoms with van der Waals surface area (Å²) in [4.78, 5) is 25.7. The van der Waals surface area contributed by atoms with E-state index in [1.807, 2.05) is 30.3 Å². The van der Waals surface area contributed by atoms with Crippen LogP contribution >= 0.6 is 11.6 Å². The quantitative estimate of drug-likeness (QED) is 0.494. The molecule has 1 amide bonds. The summed E-state index contributed by atoms with van der Waals surface area (Å²) >= 11 is 6.29. The predicted octanol–water partition coefficient (Wildman–Crippen LogP) is 3.75. The summed E-state index contributed by atoms with van der Waals surface area (Å²) in [5.74, 6) is -0.706. The maximum Gasteiger partial charge on any atom is 0.294 e. The number of nitrogens with one attached hydrogen (secondary N) is 1. The maximum absolute atomic E-state index is 13.1. The van der Waals surface area contributed by atoms with E-state index in [1.54, 1.807) is 29.8 Å². The number of ketones is 1. The number of rotatable bonds is 6. The Balaban J connectivity index is 1.70. The molecule has 1 aromatic carbocycles. The minimum atomic E-state index is -0.648. The minimum absolute atomic E-state index is 0.0318. The molecule has 1 atom stereocenters. The van der Waals surface area contributed by atoms with E-state index in [0.717, 1.165) is 23.9 Å². The Kier molecular flexibility index (Phi) is 5.56. The summed E-state index contributed by atoms with van der Waals surface area (Å²) in [6.45, 7) is 1.03. The second-order valence-electron chi connectivity index (χ2n) is 6.93. The van der Waals surface area contributed by atoms with Crippen molar-refractivity contribution in [3.05, 3.63) is 59.4 Å². The van der Waals surface area contributed by atoms with Crippen LogP contribution in [0.15, 0.2) is 48.7 Å². The standard InChI is InChI=1S/C22H21ClN2O4/c1-28-19-8-7-14(11-18(19)23)17-12-15-5-2-3-9-25(15)20(17)21(26)22(27)24-13-16-6-4-10-29-16/h2-3,5,7-9,11-12,16H,4,6,10,13H2,1H3,(H,24,27)/t16-/m1/s1. The molecular formula is C22H21ClN2O4. The molecule has 6 nitrogen and oxygen atoms in total. The van der Waals surface area contributed by atoms with Crippen molar-refractivity contribution in [3.8, 4) is 16.9 Å². The summed E-state index contributed by atoms with van der Waals surface area (Å²) < 4.78 is 12.4. The first kappa shape index (κ1) is 19.5. The molecule has 2 aromatic heterocycles. The molecular weight excluding hydrogens is 392 g/mol. The highest BCUT2D eigenvalue weighted by atomic mass is 35.5. The van der Waals surface area contributed by atoms with Gasteiger partial charge in [-0.25, -0.2) is 0 Å². The maximum atomic E-state index is 13.1. The third kappa shape index (κ3) is 3.86. The zero-order valence-electron chi connectivity index (χ0n) is 16.0. The molecule has 4 rings (SSSR count). The molecule has 1 aliphatic rings. The second-order valence-corrected chi connectivity index (χ2v) is 7.33. The summed E-state index contributed by atoms with van der Waals surface area (Å²) in [6.07, 6.45) is 3.60. The van der Waals surface area contributed by atoms with E-state index in [2.05, 4.69) is 5.32 Å². The molecule has 3 aromatic rings. The predicted molar refractivity (Wildman–Crippen MR) is 111 cm³/mol. The van der Waals surface area contributed by atoms with E-state index in [9.17, 15) is 9.59 Å². The van der Waals surface area contributed by atoms with Gasteiger partial charge in [-0.3, -0.25) is 9.59 Å². The lowest BCUT2D eigenvalue weighted by Crippen LogP contribution is -2.37. The fourth-order valence-electron chi connectivity index (χ4n) is 3.61. The molecule has 7 heteroatoms. The number of carbonyl (C=O) groups is 2. The summed E-state index contributed by atoms with van der Waals surface area (Å²) in [5, 5.41) is 3.14. The third-order valence-corrected chi connectivity index (χ3v) is 5.37. The van der Waals surface area contributed by atoms with Gasteiger partial charge >= 0.3 is 0 Å². The molecule has 1 fully saturated rings. The van der Waals surface area contributed by atoms with Crippen LogP contribution < -0.4 is 10.1 Å². The fourth-order valence-corrected chi connectivity index (χ4v) is 3.87. The van der Waals surface area contributed by atoms with Crippen molar-refractivity contribution < 1.29 is 19.1 Å². The molecule has 0 unspecified atom stereocenters. The summed E-state index contributed by atoms with van der Waals surface area (Å²) in [6, 6.07) is 12.8. The molecule has 29 heavy (non-hydrogen) atoms. The molecule has 3 heterocycles. The highest BCUT2D eigenvalue weighted by Crippen LogP contribution is 2.34. The van der Waals surface area contributed by atoms with Crippen molar-refractivity contribution in [1.82, 2.24) is 9.72 Å². The van der Waals surface area contributed by atoms with E-state index >= 15 is 0 Å². The zero-order valence-corrected chi connectivity index (χ0v) is 16.7.